The Kier molecular flexibility index (Phi) is 4.27. The maximum Gasteiger partial charge on any atom is 0.335 e. The van der Waals surface area contributed by atoms with E-state index in [9.17, 15) is 4.79 Å². The van der Waals surface area contributed by atoms with Crippen LogP contribution >= 0.6 is 11.8 Å². The summed E-state index contributed by atoms with van der Waals surface area (Å²) in [7, 11) is 0. The highest BCUT2D eigenvalue weighted by Crippen LogP contribution is 2.26. The molecule has 0 saturated carbocycles. The fourth-order valence-corrected chi connectivity index (χ4v) is 2.83. The number of rotatable bonds is 4. The van der Waals surface area contributed by atoms with Crippen LogP contribution in [0.15, 0.2) is 47.4 Å². The molecule has 0 aliphatic rings. The normalized spacial score (nSPS) is 10.4. The van der Waals surface area contributed by atoms with Crippen molar-refractivity contribution in [1.29, 1.82) is 0 Å². The van der Waals surface area contributed by atoms with Gasteiger partial charge in [0.05, 0.1) is 5.56 Å². The molecule has 0 saturated heterocycles. The quantitative estimate of drug-likeness (QED) is 0.843. The van der Waals surface area contributed by atoms with Gasteiger partial charge in [-0.25, -0.2) is 4.79 Å². The predicted molar refractivity (Wildman–Crippen MR) is 78.9 cm³/mol. The summed E-state index contributed by atoms with van der Waals surface area (Å²) in [5.41, 5.74) is 4.02. The average molecular weight is 272 g/mol. The van der Waals surface area contributed by atoms with E-state index in [4.69, 9.17) is 5.11 Å². The minimum Gasteiger partial charge on any atom is -0.478 e. The molecule has 2 aromatic carbocycles. The van der Waals surface area contributed by atoms with Crippen LogP contribution < -0.4 is 0 Å². The Labute approximate surface area is 117 Å². The van der Waals surface area contributed by atoms with E-state index in [1.165, 1.54) is 16.0 Å². The van der Waals surface area contributed by atoms with E-state index in [0.717, 1.165) is 11.3 Å². The Morgan fingerprint density at radius 2 is 1.79 bits per heavy atom. The summed E-state index contributed by atoms with van der Waals surface area (Å²) in [6.07, 6.45) is 0. The topological polar surface area (TPSA) is 37.3 Å². The monoisotopic (exact) mass is 272 g/mol. The maximum absolute atomic E-state index is 10.8. The number of aromatic carboxylic acids is 1. The number of benzene rings is 2. The van der Waals surface area contributed by atoms with Crippen molar-refractivity contribution in [2.75, 3.05) is 0 Å². The van der Waals surface area contributed by atoms with E-state index in [1.807, 2.05) is 12.1 Å². The van der Waals surface area contributed by atoms with Crippen LogP contribution in [0.25, 0.3) is 0 Å². The van der Waals surface area contributed by atoms with Gasteiger partial charge in [0.2, 0.25) is 0 Å². The number of carboxylic acids is 1. The van der Waals surface area contributed by atoms with Gasteiger partial charge in [0.25, 0.3) is 0 Å². The van der Waals surface area contributed by atoms with E-state index >= 15 is 0 Å². The number of carbonyl (C=O) groups is 1. The average Bonchev–Trinajstić information content (AvgIpc) is 2.38. The minimum atomic E-state index is -0.881. The number of carboxylic acid groups (broad SMARTS) is 1. The molecule has 0 spiro atoms. The molecule has 0 radical (unpaired) electrons. The molecule has 19 heavy (non-hydrogen) atoms. The van der Waals surface area contributed by atoms with Crippen LogP contribution in [0, 0.1) is 13.8 Å². The molecule has 0 aromatic heterocycles. The lowest BCUT2D eigenvalue weighted by atomic mass is 10.1. The lowest BCUT2D eigenvalue weighted by Gasteiger charge is -2.07. The summed E-state index contributed by atoms with van der Waals surface area (Å²) >= 11 is 1.78. The summed E-state index contributed by atoms with van der Waals surface area (Å²) in [5.74, 6) is -0.0300. The van der Waals surface area contributed by atoms with Crippen molar-refractivity contribution in [2.24, 2.45) is 0 Å². The van der Waals surface area contributed by atoms with Crippen LogP contribution in [0.3, 0.4) is 0 Å². The first-order valence-electron chi connectivity index (χ1n) is 6.08. The van der Waals surface area contributed by atoms with E-state index in [2.05, 4.69) is 32.0 Å². The molecular formula is C16H16O2S. The van der Waals surface area contributed by atoms with Gasteiger partial charge >= 0.3 is 5.97 Å². The molecule has 0 aliphatic carbocycles. The second-order valence-corrected chi connectivity index (χ2v) is 5.58. The molecule has 0 amide bonds. The minimum absolute atomic E-state index is 0.334. The first kappa shape index (κ1) is 13.7. The van der Waals surface area contributed by atoms with Crippen LogP contribution in [0.2, 0.25) is 0 Å². The van der Waals surface area contributed by atoms with Gasteiger partial charge in [0, 0.05) is 10.6 Å². The molecule has 0 unspecified atom stereocenters. The molecule has 0 aliphatic heterocycles. The smallest absolute Gasteiger partial charge is 0.335 e. The van der Waals surface area contributed by atoms with Gasteiger partial charge in [0.1, 0.15) is 0 Å². The third-order valence-electron chi connectivity index (χ3n) is 2.93. The number of hydrogen-bond acceptors (Lipinski definition) is 2. The molecule has 0 atom stereocenters. The first-order chi connectivity index (χ1) is 9.06. The molecule has 3 heteroatoms. The lowest BCUT2D eigenvalue weighted by molar-refractivity contribution is 0.0697. The summed E-state index contributed by atoms with van der Waals surface area (Å²) in [6.45, 7) is 4.20. The van der Waals surface area contributed by atoms with E-state index in [0.29, 0.717) is 5.56 Å². The molecule has 2 nitrogen and oxygen atoms in total. The fourth-order valence-electron chi connectivity index (χ4n) is 1.87. The van der Waals surface area contributed by atoms with Gasteiger partial charge in [-0.3, -0.25) is 0 Å². The Morgan fingerprint density at radius 3 is 2.37 bits per heavy atom. The van der Waals surface area contributed by atoms with Gasteiger partial charge < -0.3 is 5.11 Å². The molecule has 2 rings (SSSR count). The van der Waals surface area contributed by atoms with Gasteiger partial charge in [0.15, 0.2) is 0 Å². The summed E-state index contributed by atoms with van der Waals surface area (Å²) in [6, 6.07) is 13.5. The highest BCUT2D eigenvalue weighted by molar-refractivity contribution is 7.98. The Morgan fingerprint density at radius 1 is 1.11 bits per heavy atom. The zero-order valence-electron chi connectivity index (χ0n) is 11.0. The van der Waals surface area contributed by atoms with E-state index in [-0.39, 0.29) is 0 Å². The second-order valence-electron chi connectivity index (χ2n) is 4.56. The molecule has 0 bridgehead atoms. The van der Waals surface area contributed by atoms with Crippen LogP contribution in [-0.4, -0.2) is 11.1 Å². The number of thioether (sulfide) groups is 1. The zero-order valence-corrected chi connectivity index (χ0v) is 11.8. The molecule has 0 fully saturated rings. The summed E-state index contributed by atoms with van der Waals surface area (Å²) in [5, 5.41) is 8.84. The van der Waals surface area contributed by atoms with Gasteiger partial charge in [-0.15, -0.1) is 11.8 Å². The predicted octanol–water partition coefficient (Wildman–Crippen LogP) is 4.29. The molecule has 0 heterocycles. The zero-order chi connectivity index (χ0) is 13.8. The van der Waals surface area contributed by atoms with Gasteiger partial charge in [-0.2, -0.15) is 0 Å². The number of hydrogen-bond donors (Lipinski definition) is 1. The Bertz CT molecular complexity index is 588. The van der Waals surface area contributed by atoms with Crippen LogP contribution in [-0.2, 0) is 5.75 Å². The molecule has 98 valence electrons. The second kappa shape index (κ2) is 5.93. The third-order valence-corrected chi connectivity index (χ3v) is 4.17. The lowest BCUT2D eigenvalue weighted by Crippen LogP contribution is -1.95. The highest BCUT2D eigenvalue weighted by atomic mass is 32.2. The standard InChI is InChI=1S/C16H16O2S/c1-11-3-8-15(12(2)9-11)19-10-13-4-6-14(7-5-13)16(17)18/h3-9H,10H2,1-2H3,(H,17,18). The van der Waals surface area contributed by atoms with Crippen molar-refractivity contribution >= 4 is 17.7 Å². The number of aryl methyl sites for hydroxylation is 2. The highest BCUT2D eigenvalue weighted by Gasteiger charge is 2.03. The van der Waals surface area contributed by atoms with Crippen LogP contribution in [0.4, 0.5) is 0 Å². The Hall–Kier alpha value is -1.74. The van der Waals surface area contributed by atoms with E-state index in [1.54, 1.807) is 23.9 Å². The van der Waals surface area contributed by atoms with Crippen molar-refractivity contribution in [3.05, 3.63) is 64.7 Å². The SMILES string of the molecule is Cc1ccc(SCc2ccc(C(=O)O)cc2)c(C)c1. The fraction of sp³-hybridized carbons (Fsp3) is 0.188. The van der Waals surface area contributed by atoms with Crippen molar-refractivity contribution in [3.8, 4) is 0 Å². The van der Waals surface area contributed by atoms with Crippen molar-refractivity contribution in [2.45, 2.75) is 24.5 Å². The maximum atomic E-state index is 10.8. The van der Waals surface area contributed by atoms with Crippen LogP contribution in [0.1, 0.15) is 27.0 Å². The van der Waals surface area contributed by atoms with Gasteiger partial charge in [-0.05, 0) is 43.2 Å². The molecular weight excluding hydrogens is 256 g/mol. The Balaban J connectivity index is 2.04. The van der Waals surface area contributed by atoms with Crippen molar-refractivity contribution in [3.63, 3.8) is 0 Å². The molecule has 2 aromatic rings. The molecule has 1 N–H and O–H groups in total. The van der Waals surface area contributed by atoms with Gasteiger partial charge in [-0.1, -0.05) is 29.8 Å². The third kappa shape index (κ3) is 3.61. The van der Waals surface area contributed by atoms with Crippen molar-refractivity contribution in [1.82, 2.24) is 0 Å². The van der Waals surface area contributed by atoms with E-state index < -0.39 is 5.97 Å². The van der Waals surface area contributed by atoms with Crippen molar-refractivity contribution < 1.29 is 9.90 Å². The van der Waals surface area contributed by atoms with Crippen LogP contribution in [0.5, 0.6) is 0 Å². The largest absolute Gasteiger partial charge is 0.478 e. The summed E-state index contributed by atoms with van der Waals surface area (Å²) < 4.78 is 0. The first-order valence-corrected chi connectivity index (χ1v) is 7.07. The summed E-state index contributed by atoms with van der Waals surface area (Å²) in [4.78, 5) is 12.0.